The zero-order valence-electron chi connectivity index (χ0n) is 17.4. The molecule has 0 saturated carbocycles. The summed E-state index contributed by atoms with van der Waals surface area (Å²) in [5, 5.41) is 19.8. The summed E-state index contributed by atoms with van der Waals surface area (Å²) >= 11 is 0. The molecule has 0 atom stereocenters. The topological polar surface area (TPSA) is 79.4 Å². The highest BCUT2D eigenvalue weighted by Gasteiger charge is 2.27. The van der Waals surface area contributed by atoms with Gasteiger partial charge >= 0.3 is 5.97 Å². The molecular weight excluding hydrogens is 399 g/mol. The Balaban J connectivity index is 1.56. The second-order valence-electron chi connectivity index (χ2n) is 7.55. The zero-order valence-corrected chi connectivity index (χ0v) is 17.4. The Labute approximate surface area is 179 Å². The Hall–Kier alpha value is -3.26. The average Bonchev–Trinajstić information content (AvgIpc) is 3.05. The first-order chi connectivity index (χ1) is 15.1. The molecule has 4 rings (SSSR count). The molecule has 0 radical (unpaired) electrons. The minimum absolute atomic E-state index is 0.0196. The smallest absolute Gasteiger partial charge is 0.309 e. The number of hydrogen-bond donors (Lipinski definition) is 1. The molecule has 2 heterocycles. The largest absolute Gasteiger partial charge is 0.493 e. The molecule has 0 amide bonds. The SMILES string of the molecule is CCOC(=O)C1CCN(Cn2c(O)c(N=Nc3ccccc3F)c3ccccc32)CC1. The number of piperidine rings is 1. The van der Waals surface area contributed by atoms with Crippen LogP contribution >= 0.6 is 0 Å². The normalized spacial score (nSPS) is 15.7. The molecule has 0 spiro atoms. The van der Waals surface area contributed by atoms with Crippen molar-refractivity contribution in [2.75, 3.05) is 19.7 Å². The van der Waals surface area contributed by atoms with Crippen molar-refractivity contribution in [1.82, 2.24) is 9.47 Å². The molecule has 0 unspecified atom stereocenters. The van der Waals surface area contributed by atoms with Crippen molar-refractivity contribution in [3.05, 3.63) is 54.3 Å². The van der Waals surface area contributed by atoms with Gasteiger partial charge in [0.15, 0.2) is 11.5 Å². The van der Waals surface area contributed by atoms with E-state index < -0.39 is 5.82 Å². The highest BCUT2D eigenvalue weighted by atomic mass is 19.1. The minimum Gasteiger partial charge on any atom is -0.493 e. The number of carbonyl (C=O) groups is 1. The number of benzene rings is 2. The number of fused-ring (bicyclic) bond motifs is 1. The lowest BCUT2D eigenvalue weighted by Gasteiger charge is -2.31. The number of aromatic nitrogens is 1. The Kier molecular flexibility index (Phi) is 6.27. The van der Waals surface area contributed by atoms with Crippen molar-refractivity contribution in [2.45, 2.75) is 26.4 Å². The summed E-state index contributed by atoms with van der Waals surface area (Å²) < 4.78 is 20.8. The van der Waals surface area contributed by atoms with Crippen molar-refractivity contribution in [2.24, 2.45) is 16.1 Å². The number of azo groups is 1. The number of para-hydroxylation sites is 1. The Morgan fingerprint density at radius 1 is 1.13 bits per heavy atom. The Morgan fingerprint density at radius 3 is 2.58 bits per heavy atom. The van der Waals surface area contributed by atoms with Crippen LogP contribution in [0.1, 0.15) is 19.8 Å². The Bertz CT molecular complexity index is 1100. The summed E-state index contributed by atoms with van der Waals surface area (Å²) in [5.74, 6) is -0.698. The molecule has 1 N–H and O–H groups in total. The van der Waals surface area contributed by atoms with Crippen LogP contribution in [-0.2, 0) is 16.2 Å². The molecule has 7 nitrogen and oxygen atoms in total. The van der Waals surface area contributed by atoms with Crippen molar-refractivity contribution in [3.8, 4) is 5.88 Å². The lowest BCUT2D eigenvalue weighted by Crippen LogP contribution is -2.37. The fourth-order valence-electron chi connectivity index (χ4n) is 3.92. The molecule has 1 fully saturated rings. The van der Waals surface area contributed by atoms with Crippen LogP contribution in [0.4, 0.5) is 15.8 Å². The van der Waals surface area contributed by atoms with Crippen LogP contribution in [0.3, 0.4) is 0 Å². The van der Waals surface area contributed by atoms with Crippen molar-refractivity contribution >= 4 is 28.2 Å². The van der Waals surface area contributed by atoms with Gasteiger partial charge in [-0.1, -0.05) is 30.3 Å². The second-order valence-corrected chi connectivity index (χ2v) is 7.55. The summed E-state index contributed by atoms with van der Waals surface area (Å²) in [7, 11) is 0. The van der Waals surface area contributed by atoms with Crippen molar-refractivity contribution < 1.29 is 19.0 Å². The maximum atomic E-state index is 13.9. The summed E-state index contributed by atoms with van der Waals surface area (Å²) in [6, 6.07) is 13.6. The molecule has 1 aliphatic heterocycles. The van der Waals surface area contributed by atoms with Crippen LogP contribution < -0.4 is 0 Å². The van der Waals surface area contributed by atoms with Gasteiger partial charge in [-0.25, -0.2) is 4.39 Å². The molecule has 1 aliphatic rings. The molecule has 31 heavy (non-hydrogen) atoms. The van der Waals surface area contributed by atoms with E-state index in [0.29, 0.717) is 19.0 Å². The highest BCUT2D eigenvalue weighted by molar-refractivity contribution is 5.95. The number of hydrogen-bond acceptors (Lipinski definition) is 6. The van der Waals surface area contributed by atoms with Gasteiger partial charge in [-0.3, -0.25) is 14.3 Å². The summed E-state index contributed by atoms with van der Waals surface area (Å²) in [4.78, 5) is 14.2. The lowest BCUT2D eigenvalue weighted by molar-refractivity contribution is -0.149. The third-order valence-electron chi connectivity index (χ3n) is 5.58. The zero-order chi connectivity index (χ0) is 21.8. The molecule has 2 aromatic carbocycles. The summed E-state index contributed by atoms with van der Waals surface area (Å²) in [6.07, 6.45) is 1.44. The number of halogens is 1. The van der Waals surface area contributed by atoms with Crippen LogP contribution in [-0.4, -0.2) is 40.2 Å². The Morgan fingerprint density at radius 2 is 1.84 bits per heavy atom. The van der Waals surface area contributed by atoms with E-state index in [4.69, 9.17) is 4.74 Å². The molecule has 0 bridgehead atoms. The average molecular weight is 424 g/mol. The van der Waals surface area contributed by atoms with E-state index in [9.17, 15) is 14.3 Å². The second kappa shape index (κ2) is 9.26. The number of likely N-dealkylation sites (tertiary alicyclic amines) is 1. The molecule has 1 saturated heterocycles. The first-order valence-corrected chi connectivity index (χ1v) is 10.4. The van der Waals surface area contributed by atoms with E-state index in [1.54, 1.807) is 16.7 Å². The van der Waals surface area contributed by atoms with Crippen LogP contribution in [0.25, 0.3) is 10.9 Å². The van der Waals surface area contributed by atoms with Gasteiger partial charge in [-0.05, 0) is 38.0 Å². The van der Waals surface area contributed by atoms with Crippen LogP contribution in [0, 0.1) is 11.7 Å². The number of ether oxygens (including phenoxy) is 1. The van der Waals surface area contributed by atoms with Gasteiger partial charge in [0.05, 0.1) is 24.7 Å². The predicted octanol–water partition coefficient (Wildman–Crippen LogP) is 5.13. The molecule has 8 heteroatoms. The number of rotatable bonds is 6. The quantitative estimate of drug-likeness (QED) is 0.439. The highest BCUT2D eigenvalue weighted by Crippen LogP contribution is 2.40. The minimum atomic E-state index is -0.473. The van der Waals surface area contributed by atoms with Crippen molar-refractivity contribution in [1.29, 1.82) is 0 Å². The first kappa shape index (κ1) is 21.0. The van der Waals surface area contributed by atoms with Gasteiger partial charge in [0.25, 0.3) is 0 Å². The van der Waals surface area contributed by atoms with Crippen molar-refractivity contribution in [3.63, 3.8) is 0 Å². The third kappa shape index (κ3) is 4.44. The number of aromatic hydroxyl groups is 1. The number of nitrogens with zero attached hydrogens (tertiary/aromatic N) is 4. The third-order valence-corrected chi connectivity index (χ3v) is 5.58. The van der Waals surface area contributed by atoms with Gasteiger partial charge in [0, 0.05) is 18.5 Å². The first-order valence-electron chi connectivity index (χ1n) is 10.4. The van der Waals surface area contributed by atoms with E-state index in [2.05, 4.69) is 15.1 Å². The summed E-state index contributed by atoms with van der Waals surface area (Å²) in [6.45, 7) is 4.11. The van der Waals surface area contributed by atoms with E-state index in [0.717, 1.165) is 36.8 Å². The maximum Gasteiger partial charge on any atom is 0.309 e. The van der Waals surface area contributed by atoms with Gasteiger partial charge < -0.3 is 9.84 Å². The van der Waals surface area contributed by atoms with Crippen LogP contribution in [0.2, 0.25) is 0 Å². The molecule has 162 valence electrons. The number of carbonyl (C=O) groups excluding carboxylic acids is 1. The molecule has 1 aromatic heterocycles. The standard InChI is InChI=1S/C23H25FN4O3/c1-2-31-23(30)16-11-13-27(14-12-16)15-28-20-10-6-3-7-17(20)21(22(28)29)26-25-19-9-5-4-8-18(19)24/h3-10,16,29H,2,11-15H2,1H3. The molecule has 3 aromatic rings. The fraction of sp³-hybridized carbons (Fsp3) is 0.348. The molecular formula is C23H25FN4O3. The van der Waals surface area contributed by atoms with Crippen LogP contribution in [0.5, 0.6) is 5.88 Å². The maximum absolute atomic E-state index is 13.9. The van der Waals surface area contributed by atoms with Gasteiger partial charge in [-0.2, -0.15) is 0 Å². The lowest BCUT2D eigenvalue weighted by atomic mass is 9.97. The fourth-order valence-corrected chi connectivity index (χ4v) is 3.92. The predicted molar refractivity (Wildman–Crippen MR) is 115 cm³/mol. The summed E-state index contributed by atoms with van der Waals surface area (Å²) in [5.41, 5.74) is 1.23. The van der Waals surface area contributed by atoms with E-state index >= 15 is 0 Å². The van der Waals surface area contributed by atoms with Gasteiger partial charge in [0.1, 0.15) is 5.69 Å². The van der Waals surface area contributed by atoms with Gasteiger partial charge in [0.2, 0.25) is 5.88 Å². The van der Waals surface area contributed by atoms with E-state index in [1.165, 1.54) is 12.1 Å². The van der Waals surface area contributed by atoms with Crippen LogP contribution in [0.15, 0.2) is 58.8 Å². The van der Waals surface area contributed by atoms with E-state index in [-0.39, 0.29) is 23.5 Å². The van der Waals surface area contributed by atoms with Gasteiger partial charge in [-0.15, -0.1) is 10.2 Å². The monoisotopic (exact) mass is 424 g/mol. The van der Waals surface area contributed by atoms with E-state index in [1.807, 2.05) is 31.2 Å². The number of esters is 1. The molecule has 0 aliphatic carbocycles.